The Morgan fingerprint density at radius 3 is 2.30 bits per heavy atom. The Bertz CT molecular complexity index is 1660. The van der Waals surface area contributed by atoms with Gasteiger partial charge in [0.2, 0.25) is 5.91 Å². The molecule has 44 heavy (non-hydrogen) atoms. The number of aromatic nitrogens is 1. The first-order valence-corrected chi connectivity index (χ1v) is 15.6. The summed E-state index contributed by atoms with van der Waals surface area (Å²) in [6.07, 6.45) is 5.06. The highest BCUT2D eigenvalue weighted by Crippen LogP contribution is 2.39. The molecule has 0 radical (unpaired) electrons. The van der Waals surface area contributed by atoms with Gasteiger partial charge in [-0.3, -0.25) is 4.79 Å². The highest BCUT2D eigenvalue weighted by Gasteiger charge is 2.24. The smallest absolute Gasteiger partial charge is 0.220 e. The van der Waals surface area contributed by atoms with Gasteiger partial charge in [0, 0.05) is 49.1 Å². The quantitative estimate of drug-likeness (QED) is 0.161. The third kappa shape index (κ3) is 7.14. The Labute approximate surface area is 260 Å². The van der Waals surface area contributed by atoms with Crippen LogP contribution in [0.1, 0.15) is 47.4 Å². The molecule has 0 unspecified atom stereocenters. The van der Waals surface area contributed by atoms with E-state index in [-0.39, 0.29) is 11.8 Å². The zero-order chi connectivity index (χ0) is 30.1. The Balaban J connectivity index is 1.31. The van der Waals surface area contributed by atoms with Gasteiger partial charge in [0.15, 0.2) is 11.5 Å². The lowest BCUT2D eigenvalue weighted by Gasteiger charge is -2.20. The molecular weight excluding hydrogens is 546 g/mol. The van der Waals surface area contributed by atoms with Crippen molar-refractivity contribution in [3.05, 3.63) is 132 Å². The minimum absolute atomic E-state index is 0.0532. The molecule has 1 saturated heterocycles. The fourth-order valence-electron chi connectivity index (χ4n) is 6.24. The van der Waals surface area contributed by atoms with Gasteiger partial charge in [0.05, 0.1) is 7.11 Å². The number of nitrogens with one attached hydrogen (secondary N) is 1. The largest absolute Gasteiger partial charge is 0.493 e. The number of nitrogens with zero attached hydrogens (tertiary/aromatic N) is 2. The third-order valence-electron chi connectivity index (χ3n) is 8.56. The summed E-state index contributed by atoms with van der Waals surface area (Å²) in [5.74, 6) is 1.23. The number of rotatable bonds is 13. The molecule has 0 spiro atoms. The van der Waals surface area contributed by atoms with Crippen LogP contribution in [-0.4, -0.2) is 48.7 Å². The number of ether oxygens (including phenoxy) is 2. The fourth-order valence-corrected chi connectivity index (χ4v) is 6.24. The monoisotopic (exact) mass is 587 g/mol. The molecule has 5 aromatic rings. The normalized spacial score (nSPS) is 14.0. The van der Waals surface area contributed by atoms with E-state index in [1.807, 2.05) is 48.5 Å². The minimum atomic E-state index is -0.166. The highest BCUT2D eigenvalue weighted by molar-refractivity contribution is 5.87. The third-order valence-corrected chi connectivity index (χ3v) is 8.56. The molecule has 1 amide bonds. The molecule has 0 bridgehead atoms. The topological polar surface area (TPSA) is 55.7 Å². The van der Waals surface area contributed by atoms with Crippen molar-refractivity contribution in [2.45, 2.75) is 38.3 Å². The summed E-state index contributed by atoms with van der Waals surface area (Å²) in [6, 6.07) is 35.2. The molecular formula is C38H41N3O3. The van der Waals surface area contributed by atoms with Gasteiger partial charge in [-0.15, -0.1) is 0 Å². The number of amides is 1. The summed E-state index contributed by atoms with van der Waals surface area (Å²) < 4.78 is 14.3. The van der Waals surface area contributed by atoms with Gasteiger partial charge in [-0.25, -0.2) is 0 Å². The van der Waals surface area contributed by atoms with Crippen molar-refractivity contribution in [1.29, 1.82) is 0 Å². The standard InChI is InChI=1S/C38H41N3O3/c1-43-37-24-31(18-19-36(37)44-28-30-14-6-3-7-15-30)33(25-38(42)39-20-23-40-21-10-11-22-40)34-27-41(26-29-12-4-2-5-13-29)35-17-9-8-16-32(34)35/h2-9,12-19,24,27,33H,10-11,20-23,25-26,28H2,1H3,(H,39,42)/t33-/m0/s1. The predicted molar refractivity (Wildman–Crippen MR) is 176 cm³/mol. The second-order valence-electron chi connectivity index (χ2n) is 11.6. The number of carbonyl (C=O) groups is 1. The number of likely N-dealkylation sites (tertiary alicyclic amines) is 1. The first kappa shape index (κ1) is 29.5. The SMILES string of the molecule is COc1cc([C@H](CC(=O)NCCN2CCCC2)c2cn(Cc3ccccc3)c3ccccc23)ccc1OCc1ccccc1. The van der Waals surface area contributed by atoms with Crippen molar-refractivity contribution in [3.8, 4) is 11.5 Å². The van der Waals surface area contributed by atoms with Crippen LogP contribution in [0.15, 0.2) is 109 Å². The number of fused-ring (bicyclic) bond motifs is 1. The lowest BCUT2D eigenvalue weighted by Crippen LogP contribution is -2.34. The van der Waals surface area contributed by atoms with Gasteiger partial charge in [0.1, 0.15) is 6.61 Å². The van der Waals surface area contributed by atoms with E-state index < -0.39 is 0 Å². The molecule has 1 fully saturated rings. The Kier molecular flexibility index (Phi) is 9.58. The summed E-state index contributed by atoms with van der Waals surface area (Å²) in [5.41, 5.74) is 5.63. The number of hydrogen-bond acceptors (Lipinski definition) is 4. The second-order valence-corrected chi connectivity index (χ2v) is 11.6. The first-order valence-electron chi connectivity index (χ1n) is 15.6. The summed E-state index contributed by atoms with van der Waals surface area (Å²) in [5, 5.41) is 4.36. The van der Waals surface area contributed by atoms with Crippen LogP contribution < -0.4 is 14.8 Å². The summed E-state index contributed by atoms with van der Waals surface area (Å²) in [7, 11) is 1.67. The van der Waals surface area contributed by atoms with Crippen LogP contribution in [0.5, 0.6) is 11.5 Å². The van der Waals surface area contributed by atoms with Crippen LogP contribution in [0.3, 0.4) is 0 Å². The van der Waals surface area contributed by atoms with E-state index in [1.54, 1.807) is 7.11 Å². The zero-order valence-corrected chi connectivity index (χ0v) is 25.5. The van der Waals surface area contributed by atoms with Crippen LogP contribution in [0.2, 0.25) is 0 Å². The fraction of sp³-hybridized carbons (Fsp3) is 0.289. The molecule has 1 aliphatic heterocycles. The van der Waals surface area contributed by atoms with E-state index in [1.165, 1.54) is 18.4 Å². The van der Waals surface area contributed by atoms with Crippen molar-refractivity contribution in [1.82, 2.24) is 14.8 Å². The van der Waals surface area contributed by atoms with Gasteiger partial charge in [-0.05, 0) is 66.4 Å². The number of methoxy groups -OCH3 is 1. The van der Waals surface area contributed by atoms with Crippen molar-refractivity contribution in [3.63, 3.8) is 0 Å². The molecule has 6 rings (SSSR count). The lowest BCUT2D eigenvalue weighted by molar-refractivity contribution is -0.121. The number of benzene rings is 4. The summed E-state index contributed by atoms with van der Waals surface area (Å²) in [6.45, 7) is 5.01. The van der Waals surface area contributed by atoms with E-state index in [9.17, 15) is 4.79 Å². The number of carbonyl (C=O) groups excluding carboxylic acids is 1. The average Bonchev–Trinajstić information content (AvgIpc) is 3.72. The number of para-hydroxylation sites is 1. The zero-order valence-electron chi connectivity index (χ0n) is 25.5. The summed E-state index contributed by atoms with van der Waals surface area (Å²) in [4.78, 5) is 15.9. The molecule has 6 nitrogen and oxygen atoms in total. The van der Waals surface area contributed by atoms with Crippen molar-refractivity contribution in [2.24, 2.45) is 0 Å². The molecule has 0 aliphatic carbocycles. The predicted octanol–water partition coefficient (Wildman–Crippen LogP) is 7.01. The Hall–Kier alpha value is -4.55. The second kappa shape index (κ2) is 14.3. The van der Waals surface area contributed by atoms with Gasteiger partial charge >= 0.3 is 0 Å². The van der Waals surface area contributed by atoms with Crippen LogP contribution in [0.4, 0.5) is 0 Å². The van der Waals surface area contributed by atoms with Crippen LogP contribution >= 0.6 is 0 Å². The molecule has 1 N–H and O–H groups in total. The molecule has 6 heteroatoms. The molecule has 4 aromatic carbocycles. The number of hydrogen-bond donors (Lipinski definition) is 1. The van der Waals surface area contributed by atoms with Gasteiger partial charge in [-0.1, -0.05) is 84.9 Å². The maximum absolute atomic E-state index is 13.5. The minimum Gasteiger partial charge on any atom is -0.493 e. The highest BCUT2D eigenvalue weighted by atomic mass is 16.5. The molecule has 0 saturated carbocycles. The van der Waals surface area contributed by atoms with Crippen molar-refractivity contribution < 1.29 is 14.3 Å². The summed E-state index contributed by atoms with van der Waals surface area (Å²) >= 11 is 0. The first-order chi connectivity index (χ1) is 21.7. The maximum Gasteiger partial charge on any atom is 0.220 e. The maximum atomic E-state index is 13.5. The van der Waals surface area contributed by atoms with E-state index in [2.05, 4.69) is 75.6 Å². The average molecular weight is 588 g/mol. The lowest BCUT2D eigenvalue weighted by atomic mass is 9.87. The molecule has 1 aliphatic rings. The molecule has 2 heterocycles. The van der Waals surface area contributed by atoms with Gasteiger partial charge < -0.3 is 24.3 Å². The molecule has 1 atom stereocenters. The van der Waals surface area contributed by atoms with Crippen LogP contribution in [0, 0.1) is 0 Å². The van der Waals surface area contributed by atoms with Crippen molar-refractivity contribution in [2.75, 3.05) is 33.3 Å². The molecule has 1 aromatic heterocycles. The van der Waals surface area contributed by atoms with Crippen molar-refractivity contribution >= 4 is 16.8 Å². The van der Waals surface area contributed by atoms with Crippen LogP contribution in [-0.2, 0) is 17.9 Å². The van der Waals surface area contributed by atoms with Gasteiger partial charge in [-0.2, -0.15) is 0 Å². The Morgan fingerprint density at radius 2 is 1.55 bits per heavy atom. The van der Waals surface area contributed by atoms with E-state index in [0.29, 0.717) is 31.1 Å². The molecule has 226 valence electrons. The van der Waals surface area contributed by atoms with E-state index in [4.69, 9.17) is 9.47 Å². The Morgan fingerprint density at radius 1 is 0.841 bits per heavy atom. The van der Waals surface area contributed by atoms with E-state index in [0.717, 1.165) is 53.8 Å². The van der Waals surface area contributed by atoms with Gasteiger partial charge in [0.25, 0.3) is 0 Å². The van der Waals surface area contributed by atoms with Crippen LogP contribution in [0.25, 0.3) is 10.9 Å². The van der Waals surface area contributed by atoms with E-state index >= 15 is 0 Å².